The minimum Gasteiger partial charge on any atom is -0.358 e. The molecule has 0 saturated heterocycles. The van der Waals surface area contributed by atoms with Gasteiger partial charge in [-0.2, -0.15) is 0 Å². The molecule has 12 heavy (non-hydrogen) atoms. The lowest BCUT2D eigenvalue weighted by Crippen LogP contribution is -2.38. The second-order valence-corrected chi connectivity index (χ2v) is 2.14. The van der Waals surface area contributed by atoms with Crippen molar-refractivity contribution < 1.29 is 9.59 Å². The predicted molar refractivity (Wildman–Crippen MR) is 44.5 cm³/mol. The molecule has 0 spiro atoms. The number of nitrogens with one attached hydrogen (secondary N) is 3. The Morgan fingerprint density at radius 1 is 1.33 bits per heavy atom. The largest absolute Gasteiger partial charge is 0.358 e. The number of likely N-dealkylation sites (N-methyl/N-ethyl adjacent to an activating group) is 1. The molecule has 5 N–H and O–H groups in total. The maximum absolute atomic E-state index is 10.6. The number of carbonyl (C=O) groups excluding carboxylic acids is 2. The van der Waals surface area contributed by atoms with Crippen molar-refractivity contribution in [1.82, 2.24) is 16.0 Å². The lowest BCUT2D eigenvalue weighted by atomic mass is 10.5. The summed E-state index contributed by atoms with van der Waals surface area (Å²) in [6.45, 7) is 1.19. The number of hydrogen-bond acceptors (Lipinski definition) is 3. The zero-order chi connectivity index (χ0) is 9.40. The van der Waals surface area contributed by atoms with Crippen molar-refractivity contribution in [3.8, 4) is 0 Å². The summed E-state index contributed by atoms with van der Waals surface area (Å²) in [5.41, 5.74) is 4.80. The number of urea groups is 1. The van der Waals surface area contributed by atoms with Crippen molar-refractivity contribution in [3.05, 3.63) is 0 Å². The average Bonchev–Trinajstić information content (AvgIpc) is 2.03. The standard InChI is InChI=1S/C6H14N4O2/c1-8-5(11)4-9-2-3-10-6(7)12/h9H,2-4H2,1H3,(H,8,11)(H3,7,10,12). The summed E-state index contributed by atoms with van der Waals surface area (Å²) in [5.74, 6) is -0.0888. The second-order valence-electron chi connectivity index (χ2n) is 2.14. The number of nitrogens with two attached hydrogens (primary N) is 1. The molecule has 0 aromatic heterocycles. The van der Waals surface area contributed by atoms with Gasteiger partial charge in [-0.15, -0.1) is 0 Å². The van der Waals surface area contributed by atoms with E-state index in [1.807, 2.05) is 0 Å². The first-order chi connectivity index (χ1) is 5.66. The summed E-state index contributed by atoms with van der Waals surface area (Å²) in [4.78, 5) is 20.8. The van der Waals surface area contributed by atoms with Crippen LogP contribution in [-0.4, -0.2) is 38.6 Å². The van der Waals surface area contributed by atoms with Gasteiger partial charge in [0, 0.05) is 20.1 Å². The maximum atomic E-state index is 10.6. The molecule has 6 heteroatoms. The molecule has 0 fully saturated rings. The van der Waals surface area contributed by atoms with E-state index in [4.69, 9.17) is 5.73 Å². The molecule has 0 aliphatic carbocycles. The average molecular weight is 174 g/mol. The highest BCUT2D eigenvalue weighted by molar-refractivity contribution is 5.77. The van der Waals surface area contributed by atoms with Crippen LogP contribution in [0.15, 0.2) is 0 Å². The van der Waals surface area contributed by atoms with E-state index in [0.717, 1.165) is 0 Å². The van der Waals surface area contributed by atoms with E-state index in [1.165, 1.54) is 0 Å². The Morgan fingerprint density at radius 2 is 2.00 bits per heavy atom. The molecule has 0 unspecified atom stereocenters. The van der Waals surface area contributed by atoms with Gasteiger partial charge >= 0.3 is 6.03 Å². The Hall–Kier alpha value is -1.30. The van der Waals surface area contributed by atoms with E-state index in [-0.39, 0.29) is 12.5 Å². The van der Waals surface area contributed by atoms with Gasteiger partial charge in [0.05, 0.1) is 6.54 Å². The van der Waals surface area contributed by atoms with Crippen LogP contribution >= 0.6 is 0 Å². The fourth-order valence-electron chi connectivity index (χ4n) is 0.564. The molecule has 70 valence electrons. The molecule has 0 aromatic carbocycles. The zero-order valence-corrected chi connectivity index (χ0v) is 7.02. The Morgan fingerprint density at radius 3 is 2.50 bits per heavy atom. The SMILES string of the molecule is CNC(=O)CNCCNC(N)=O. The minimum absolute atomic E-state index is 0.0888. The zero-order valence-electron chi connectivity index (χ0n) is 7.02. The maximum Gasteiger partial charge on any atom is 0.312 e. The van der Waals surface area contributed by atoms with Crippen LogP contribution in [0.4, 0.5) is 4.79 Å². The molecule has 3 amide bonds. The molecule has 0 saturated carbocycles. The Bertz CT molecular complexity index is 160. The van der Waals surface area contributed by atoms with Crippen molar-refractivity contribution in [2.75, 3.05) is 26.7 Å². The Kier molecular flexibility index (Phi) is 5.72. The molecule has 0 aromatic rings. The Balaban J connectivity index is 3.11. The monoisotopic (exact) mass is 174 g/mol. The van der Waals surface area contributed by atoms with Crippen LogP contribution in [0.3, 0.4) is 0 Å². The van der Waals surface area contributed by atoms with Crippen molar-refractivity contribution in [3.63, 3.8) is 0 Å². The lowest BCUT2D eigenvalue weighted by molar-refractivity contribution is -0.119. The Labute approximate surface area is 70.9 Å². The van der Waals surface area contributed by atoms with Crippen molar-refractivity contribution in [2.45, 2.75) is 0 Å². The summed E-state index contributed by atoms with van der Waals surface area (Å²) in [7, 11) is 1.56. The van der Waals surface area contributed by atoms with Crippen molar-refractivity contribution in [1.29, 1.82) is 0 Å². The molecular weight excluding hydrogens is 160 g/mol. The third kappa shape index (κ3) is 6.81. The van der Waals surface area contributed by atoms with Crippen molar-refractivity contribution in [2.24, 2.45) is 5.73 Å². The third-order valence-electron chi connectivity index (χ3n) is 1.17. The van der Waals surface area contributed by atoms with Gasteiger partial charge in [0.25, 0.3) is 0 Å². The van der Waals surface area contributed by atoms with Crippen LogP contribution in [0.2, 0.25) is 0 Å². The molecule has 0 aliphatic heterocycles. The van der Waals surface area contributed by atoms with E-state index >= 15 is 0 Å². The van der Waals surface area contributed by atoms with Crippen LogP contribution in [-0.2, 0) is 4.79 Å². The second kappa shape index (κ2) is 6.41. The van der Waals surface area contributed by atoms with Gasteiger partial charge in [-0.05, 0) is 0 Å². The summed E-state index contributed by atoms with van der Waals surface area (Å²) in [5, 5.41) is 7.64. The van der Waals surface area contributed by atoms with Crippen LogP contribution in [0, 0.1) is 0 Å². The summed E-state index contributed by atoms with van der Waals surface area (Å²) in [6, 6.07) is -0.559. The highest BCUT2D eigenvalue weighted by Gasteiger charge is 1.95. The molecule has 6 nitrogen and oxygen atoms in total. The molecule has 0 heterocycles. The highest BCUT2D eigenvalue weighted by Crippen LogP contribution is 1.61. The van der Waals surface area contributed by atoms with Gasteiger partial charge in [-0.1, -0.05) is 0 Å². The number of amides is 3. The lowest BCUT2D eigenvalue weighted by Gasteiger charge is -2.03. The minimum atomic E-state index is -0.559. The van der Waals surface area contributed by atoms with E-state index in [1.54, 1.807) is 7.05 Å². The van der Waals surface area contributed by atoms with E-state index in [9.17, 15) is 9.59 Å². The van der Waals surface area contributed by atoms with Crippen LogP contribution in [0.1, 0.15) is 0 Å². The molecule has 0 aliphatic rings. The number of carbonyl (C=O) groups is 2. The fraction of sp³-hybridized carbons (Fsp3) is 0.667. The first-order valence-electron chi connectivity index (χ1n) is 3.61. The molecule has 0 radical (unpaired) electrons. The molecule has 0 rings (SSSR count). The molecular formula is C6H14N4O2. The van der Waals surface area contributed by atoms with Gasteiger partial charge in [-0.25, -0.2) is 4.79 Å². The van der Waals surface area contributed by atoms with Crippen LogP contribution in [0.5, 0.6) is 0 Å². The van der Waals surface area contributed by atoms with Crippen LogP contribution < -0.4 is 21.7 Å². The predicted octanol–water partition coefficient (Wildman–Crippen LogP) is -2.01. The van der Waals surface area contributed by atoms with Gasteiger partial charge in [0.1, 0.15) is 0 Å². The summed E-state index contributed by atoms with van der Waals surface area (Å²) >= 11 is 0. The topological polar surface area (TPSA) is 96.2 Å². The van der Waals surface area contributed by atoms with E-state index in [0.29, 0.717) is 13.1 Å². The van der Waals surface area contributed by atoms with Crippen LogP contribution in [0.25, 0.3) is 0 Å². The summed E-state index contributed by atoms with van der Waals surface area (Å²) < 4.78 is 0. The van der Waals surface area contributed by atoms with E-state index < -0.39 is 6.03 Å². The smallest absolute Gasteiger partial charge is 0.312 e. The number of rotatable bonds is 5. The van der Waals surface area contributed by atoms with Gasteiger partial charge < -0.3 is 21.7 Å². The molecule has 0 bridgehead atoms. The van der Waals surface area contributed by atoms with E-state index in [2.05, 4.69) is 16.0 Å². The van der Waals surface area contributed by atoms with Crippen molar-refractivity contribution >= 4 is 11.9 Å². The van der Waals surface area contributed by atoms with Gasteiger partial charge in [0.15, 0.2) is 0 Å². The van der Waals surface area contributed by atoms with Gasteiger partial charge in [-0.3, -0.25) is 4.79 Å². The molecule has 0 atom stereocenters. The fourth-order valence-corrected chi connectivity index (χ4v) is 0.564. The first-order valence-corrected chi connectivity index (χ1v) is 3.61. The summed E-state index contributed by atoms with van der Waals surface area (Å²) in [6.07, 6.45) is 0. The normalized spacial score (nSPS) is 9.08. The quantitative estimate of drug-likeness (QED) is 0.363. The van der Waals surface area contributed by atoms with Gasteiger partial charge in [0.2, 0.25) is 5.91 Å². The number of hydrogen-bond donors (Lipinski definition) is 4. The first kappa shape index (κ1) is 10.7. The third-order valence-corrected chi connectivity index (χ3v) is 1.17. The highest BCUT2D eigenvalue weighted by atomic mass is 16.2. The number of primary amides is 1.